The second kappa shape index (κ2) is 9.78. The van der Waals surface area contributed by atoms with Crippen molar-refractivity contribution in [3.8, 4) is 5.75 Å². The van der Waals surface area contributed by atoms with Crippen molar-refractivity contribution in [2.75, 3.05) is 26.2 Å². The number of rotatable bonds is 8. The fourth-order valence-corrected chi connectivity index (χ4v) is 5.28. The molecule has 1 atom stereocenters. The first kappa shape index (κ1) is 21.9. The Morgan fingerprint density at radius 2 is 1.86 bits per heavy atom. The molecule has 1 unspecified atom stereocenters. The molecule has 0 bridgehead atoms. The molecule has 1 aromatic carbocycles. The fraction of sp³-hybridized carbons (Fsp3) is 0.545. The molecule has 1 aliphatic rings. The minimum Gasteiger partial charge on any atom is -0.492 e. The van der Waals surface area contributed by atoms with Crippen LogP contribution in [0.3, 0.4) is 0 Å². The second-order valence-corrected chi connectivity index (χ2v) is 9.48. The maximum Gasteiger partial charge on any atom is 0.244 e. The number of sulfonamides is 1. The minimum absolute atomic E-state index is 0.00299. The van der Waals surface area contributed by atoms with Gasteiger partial charge in [0.05, 0.1) is 12.6 Å². The molecule has 1 fully saturated rings. The highest BCUT2D eigenvalue weighted by atomic mass is 32.2. The van der Waals surface area contributed by atoms with Crippen molar-refractivity contribution in [1.29, 1.82) is 0 Å². The number of likely N-dealkylation sites (tertiary alicyclic amines) is 1. The van der Waals surface area contributed by atoms with E-state index >= 15 is 0 Å². The number of nitrogens with one attached hydrogen (secondary N) is 1. The van der Waals surface area contributed by atoms with Gasteiger partial charge in [0.1, 0.15) is 10.6 Å². The highest BCUT2D eigenvalue weighted by Crippen LogP contribution is 2.27. The van der Waals surface area contributed by atoms with E-state index in [9.17, 15) is 8.42 Å². The molecule has 0 radical (unpaired) electrons. The maximum atomic E-state index is 13.2. The van der Waals surface area contributed by atoms with Crippen molar-refractivity contribution in [2.24, 2.45) is 7.05 Å². The number of aryl methyl sites for hydroxylation is 2. The molecule has 7 heteroatoms. The van der Waals surface area contributed by atoms with Crippen LogP contribution in [0.25, 0.3) is 0 Å². The summed E-state index contributed by atoms with van der Waals surface area (Å²) in [5, 5.41) is 0. The summed E-state index contributed by atoms with van der Waals surface area (Å²) < 4.78 is 36.9. The van der Waals surface area contributed by atoms with Crippen LogP contribution in [0.1, 0.15) is 49.9 Å². The molecule has 1 aromatic heterocycles. The minimum atomic E-state index is -3.69. The van der Waals surface area contributed by atoms with E-state index in [4.69, 9.17) is 4.74 Å². The van der Waals surface area contributed by atoms with Crippen molar-refractivity contribution in [2.45, 2.75) is 50.5 Å². The van der Waals surface area contributed by atoms with E-state index in [1.54, 1.807) is 12.1 Å². The van der Waals surface area contributed by atoms with Crippen molar-refractivity contribution in [3.05, 3.63) is 47.8 Å². The average molecular weight is 420 g/mol. The number of benzene rings is 1. The molecular weight excluding hydrogens is 386 g/mol. The van der Waals surface area contributed by atoms with E-state index in [0.29, 0.717) is 18.9 Å². The van der Waals surface area contributed by atoms with E-state index in [-0.39, 0.29) is 10.9 Å². The molecule has 6 nitrogen and oxygen atoms in total. The lowest BCUT2D eigenvalue weighted by molar-refractivity contribution is 0.199. The van der Waals surface area contributed by atoms with Crippen LogP contribution in [0.2, 0.25) is 0 Å². The van der Waals surface area contributed by atoms with E-state index in [0.717, 1.165) is 37.2 Å². The molecule has 2 heterocycles. The predicted molar refractivity (Wildman–Crippen MR) is 116 cm³/mol. The van der Waals surface area contributed by atoms with Gasteiger partial charge in [0.15, 0.2) is 0 Å². The topological polar surface area (TPSA) is 63.6 Å². The lowest BCUT2D eigenvalue weighted by Gasteiger charge is -2.31. The lowest BCUT2D eigenvalue weighted by atomic mass is 10.1. The van der Waals surface area contributed by atoms with Crippen LogP contribution in [-0.4, -0.2) is 44.1 Å². The Morgan fingerprint density at radius 1 is 1.14 bits per heavy atom. The molecule has 1 N–H and O–H groups in total. The quantitative estimate of drug-likeness (QED) is 0.710. The van der Waals surface area contributed by atoms with Gasteiger partial charge in [0, 0.05) is 25.5 Å². The monoisotopic (exact) mass is 419 g/mol. The van der Waals surface area contributed by atoms with Gasteiger partial charge < -0.3 is 9.30 Å². The molecule has 0 spiro atoms. The Bertz CT molecular complexity index is 900. The summed E-state index contributed by atoms with van der Waals surface area (Å²) >= 11 is 0. The highest BCUT2D eigenvalue weighted by Gasteiger charge is 2.27. The van der Waals surface area contributed by atoms with Crippen LogP contribution >= 0.6 is 0 Å². The Balaban J connectivity index is 1.85. The van der Waals surface area contributed by atoms with Gasteiger partial charge in [-0.1, -0.05) is 18.9 Å². The second-order valence-electron chi connectivity index (χ2n) is 7.75. The summed E-state index contributed by atoms with van der Waals surface area (Å²) in [6.45, 7) is 6.48. The first-order valence-electron chi connectivity index (χ1n) is 10.5. The van der Waals surface area contributed by atoms with Gasteiger partial charge in [-0.05, 0) is 69.6 Å². The van der Waals surface area contributed by atoms with Gasteiger partial charge in [-0.15, -0.1) is 0 Å². The van der Waals surface area contributed by atoms with Crippen molar-refractivity contribution in [3.63, 3.8) is 0 Å². The molecule has 0 amide bonds. The highest BCUT2D eigenvalue weighted by molar-refractivity contribution is 7.89. The number of ether oxygens (including phenoxy) is 1. The van der Waals surface area contributed by atoms with Crippen LogP contribution in [0.4, 0.5) is 0 Å². The molecule has 29 heavy (non-hydrogen) atoms. The molecule has 2 aromatic rings. The summed E-state index contributed by atoms with van der Waals surface area (Å²) in [6.07, 6.45) is 6.80. The SMILES string of the molecule is CCOc1ccc(C)cc1S(=O)(=O)NCC(c1cccn1C)N1CCCCCC1. The summed E-state index contributed by atoms with van der Waals surface area (Å²) in [7, 11) is -1.68. The standard InChI is InChI=1S/C22H33N3O3S/c1-4-28-21-12-11-18(2)16-22(21)29(26,27)23-17-20(19-10-9-13-24(19)3)25-14-7-5-6-8-15-25/h9-13,16,20,23H,4-8,14-15,17H2,1-3H3. The van der Waals surface area contributed by atoms with E-state index in [1.165, 1.54) is 12.8 Å². The zero-order valence-corrected chi connectivity index (χ0v) is 18.5. The molecule has 1 saturated heterocycles. The summed E-state index contributed by atoms with van der Waals surface area (Å²) in [4.78, 5) is 2.63. The number of nitrogens with zero attached hydrogens (tertiary/aromatic N) is 2. The zero-order chi connectivity index (χ0) is 20.9. The van der Waals surface area contributed by atoms with Crippen LogP contribution in [0.15, 0.2) is 41.4 Å². The van der Waals surface area contributed by atoms with Gasteiger partial charge in [-0.2, -0.15) is 0 Å². The molecule has 0 aliphatic carbocycles. The first-order chi connectivity index (χ1) is 13.9. The number of hydrogen-bond donors (Lipinski definition) is 1. The van der Waals surface area contributed by atoms with Crippen LogP contribution < -0.4 is 9.46 Å². The Labute approximate surface area is 174 Å². The van der Waals surface area contributed by atoms with Gasteiger partial charge in [-0.3, -0.25) is 4.90 Å². The largest absolute Gasteiger partial charge is 0.492 e. The third kappa shape index (κ3) is 5.41. The number of aromatic nitrogens is 1. The summed E-state index contributed by atoms with van der Waals surface area (Å²) in [5.74, 6) is 0.399. The average Bonchev–Trinajstić information content (AvgIpc) is 2.93. The lowest BCUT2D eigenvalue weighted by Crippen LogP contribution is -2.39. The smallest absolute Gasteiger partial charge is 0.244 e. The van der Waals surface area contributed by atoms with E-state index < -0.39 is 10.0 Å². The van der Waals surface area contributed by atoms with Crippen LogP contribution in [-0.2, 0) is 17.1 Å². The normalized spacial score (nSPS) is 17.1. The third-order valence-electron chi connectivity index (χ3n) is 5.56. The maximum absolute atomic E-state index is 13.2. The predicted octanol–water partition coefficient (Wildman–Crippen LogP) is 3.63. The fourth-order valence-electron chi connectivity index (χ4n) is 4.01. The summed E-state index contributed by atoms with van der Waals surface area (Å²) in [5.41, 5.74) is 2.02. The Morgan fingerprint density at radius 3 is 2.48 bits per heavy atom. The van der Waals surface area contributed by atoms with Gasteiger partial charge in [-0.25, -0.2) is 13.1 Å². The van der Waals surface area contributed by atoms with Crippen molar-refractivity contribution < 1.29 is 13.2 Å². The zero-order valence-electron chi connectivity index (χ0n) is 17.7. The molecule has 0 saturated carbocycles. The Hall–Kier alpha value is -1.83. The van der Waals surface area contributed by atoms with E-state index in [2.05, 4.69) is 20.3 Å². The van der Waals surface area contributed by atoms with Crippen molar-refractivity contribution >= 4 is 10.0 Å². The number of hydrogen-bond acceptors (Lipinski definition) is 4. The van der Waals surface area contributed by atoms with Gasteiger partial charge in [0.2, 0.25) is 10.0 Å². The van der Waals surface area contributed by atoms with E-state index in [1.807, 2.05) is 39.2 Å². The summed E-state index contributed by atoms with van der Waals surface area (Å²) in [6, 6.07) is 9.38. The van der Waals surface area contributed by atoms with Gasteiger partial charge in [0.25, 0.3) is 0 Å². The van der Waals surface area contributed by atoms with Crippen LogP contribution in [0, 0.1) is 6.92 Å². The van der Waals surface area contributed by atoms with Crippen LogP contribution in [0.5, 0.6) is 5.75 Å². The molecule has 1 aliphatic heterocycles. The van der Waals surface area contributed by atoms with Gasteiger partial charge >= 0.3 is 0 Å². The first-order valence-corrected chi connectivity index (χ1v) is 12.0. The third-order valence-corrected chi connectivity index (χ3v) is 7.01. The molecular formula is C22H33N3O3S. The van der Waals surface area contributed by atoms with Crippen molar-refractivity contribution in [1.82, 2.24) is 14.2 Å². The molecule has 160 valence electrons. The Kier molecular flexibility index (Phi) is 7.38. The molecule has 3 rings (SSSR count).